The van der Waals surface area contributed by atoms with Gasteiger partial charge < -0.3 is 10.2 Å². The average molecular weight is 237 g/mol. The van der Waals surface area contributed by atoms with E-state index in [0.29, 0.717) is 32.1 Å². The van der Waals surface area contributed by atoms with Crippen molar-refractivity contribution in [3.05, 3.63) is 6.92 Å². The summed E-state index contributed by atoms with van der Waals surface area (Å²) in [6.45, 7) is 4.16. The fraction of sp³-hybridized carbons (Fsp3) is 0.769. The van der Waals surface area contributed by atoms with Crippen molar-refractivity contribution < 1.29 is 19.8 Å². The monoisotopic (exact) mass is 237 g/mol. The van der Waals surface area contributed by atoms with Crippen LogP contribution in [0, 0.1) is 29.1 Å². The van der Waals surface area contributed by atoms with E-state index in [0.717, 1.165) is 6.42 Å². The third kappa shape index (κ3) is 1.30. The van der Waals surface area contributed by atoms with Crippen molar-refractivity contribution in [2.75, 3.05) is 0 Å². The van der Waals surface area contributed by atoms with E-state index in [1.54, 1.807) is 0 Å². The molecule has 17 heavy (non-hydrogen) atoms. The number of aliphatic carboxylic acids is 2. The van der Waals surface area contributed by atoms with Crippen LogP contribution in [0.5, 0.6) is 0 Å². The normalized spacial score (nSPS) is 51.5. The molecule has 4 aliphatic rings. The quantitative estimate of drug-likeness (QED) is 0.769. The summed E-state index contributed by atoms with van der Waals surface area (Å²) in [5, 5.41) is 18.9. The lowest BCUT2D eigenvalue weighted by molar-refractivity contribution is -0.196. The van der Waals surface area contributed by atoms with Gasteiger partial charge in [0.05, 0.1) is 10.8 Å². The first-order chi connectivity index (χ1) is 7.79. The largest absolute Gasteiger partial charge is 0.481 e. The topological polar surface area (TPSA) is 74.6 Å². The van der Waals surface area contributed by atoms with Crippen LogP contribution in [0.25, 0.3) is 0 Å². The second-order valence-corrected chi connectivity index (χ2v) is 6.68. The van der Waals surface area contributed by atoms with E-state index >= 15 is 0 Å². The van der Waals surface area contributed by atoms with Crippen molar-refractivity contribution in [1.82, 2.24) is 0 Å². The van der Waals surface area contributed by atoms with E-state index in [1.165, 1.54) is 0 Å². The summed E-state index contributed by atoms with van der Waals surface area (Å²) < 4.78 is 0. The van der Waals surface area contributed by atoms with Crippen LogP contribution in [0.2, 0.25) is 0 Å². The molecule has 0 aromatic heterocycles. The molecule has 4 saturated carbocycles. The highest BCUT2D eigenvalue weighted by atomic mass is 16.4. The molecule has 93 valence electrons. The van der Waals surface area contributed by atoms with Crippen LogP contribution in [0.4, 0.5) is 0 Å². The molecule has 2 N–H and O–H groups in total. The van der Waals surface area contributed by atoms with Crippen molar-refractivity contribution >= 4 is 11.9 Å². The molecule has 4 aliphatic carbocycles. The zero-order valence-electron chi connectivity index (χ0n) is 9.74. The second-order valence-electron chi connectivity index (χ2n) is 6.68. The predicted molar refractivity (Wildman–Crippen MR) is 59.1 cm³/mol. The van der Waals surface area contributed by atoms with E-state index in [9.17, 15) is 19.8 Å². The maximum absolute atomic E-state index is 11.5. The van der Waals surface area contributed by atoms with Gasteiger partial charge in [-0.05, 0) is 56.8 Å². The number of hydrogen-bond donors (Lipinski definition) is 2. The van der Waals surface area contributed by atoms with Crippen molar-refractivity contribution in [3.63, 3.8) is 0 Å². The summed E-state index contributed by atoms with van der Waals surface area (Å²) in [5.41, 5.74) is -1.96. The van der Waals surface area contributed by atoms with Crippen LogP contribution in [0.3, 0.4) is 0 Å². The Balaban J connectivity index is 2.09. The van der Waals surface area contributed by atoms with Crippen molar-refractivity contribution in [3.8, 4) is 0 Å². The third-order valence-corrected chi connectivity index (χ3v) is 5.09. The Morgan fingerprint density at radius 3 is 1.76 bits per heavy atom. The fourth-order valence-corrected chi connectivity index (χ4v) is 5.12. The summed E-state index contributed by atoms with van der Waals surface area (Å²) >= 11 is 0. The molecule has 4 rings (SSSR count). The Hall–Kier alpha value is -1.06. The molecule has 4 nitrogen and oxygen atoms in total. The summed E-state index contributed by atoms with van der Waals surface area (Å²) in [6.07, 6.45) is 3.61. The van der Waals surface area contributed by atoms with E-state index in [4.69, 9.17) is 0 Å². The summed E-state index contributed by atoms with van der Waals surface area (Å²) in [6, 6.07) is 0. The van der Waals surface area contributed by atoms with Crippen LogP contribution in [0.15, 0.2) is 0 Å². The second kappa shape index (κ2) is 2.85. The molecule has 0 amide bonds. The molecule has 4 heteroatoms. The van der Waals surface area contributed by atoms with Crippen molar-refractivity contribution in [2.45, 2.75) is 38.5 Å². The first-order valence-electron chi connectivity index (χ1n) is 6.12. The molecular formula is C13H17O4. The van der Waals surface area contributed by atoms with Gasteiger partial charge in [-0.3, -0.25) is 9.59 Å². The molecule has 0 aromatic rings. The SMILES string of the molecule is [CH2]C12CC3CC(C(=O)O)(C1)CC(C(=O)O)(C3)C2. The van der Waals surface area contributed by atoms with Crippen LogP contribution in [0.1, 0.15) is 38.5 Å². The Morgan fingerprint density at radius 1 is 0.941 bits per heavy atom. The lowest BCUT2D eigenvalue weighted by Crippen LogP contribution is -2.60. The first kappa shape index (κ1) is 11.1. The van der Waals surface area contributed by atoms with Gasteiger partial charge in [0.2, 0.25) is 0 Å². The van der Waals surface area contributed by atoms with E-state index in [1.807, 2.05) is 0 Å². The minimum atomic E-state index is -0.820. The van der Waals surface area contributed by atoms with Crippen LogP contribution >= 0.6 is 0 Å². The van der Waals surface area contributed by atoms with Gasteiger partial charge in [-0.2, -0.15) is 0 Å². The van der Waals surface area contributed by atoms with Gasteiger partial charge in [0.15, 0.2) is 0 Å². The number of rotatable bonds is 2. The molecule has 0 saturated heterocycles. The van der Waals surface area contributed by atoms with Gasteiger partial charge in [0.1, 0.15) is 0 Å². The molecular weight excluding hydrogens is 220 g/mol. The maximum atomic E-state index is 11.5. The molecule has 2 unspecified atom stereocenters. The summed E-state index contributed by atoms with van der Waals surface area (Å²) in [5.74, 6) is -1.41. The number of carbonyl (C=O) groups is 2. The Bertz CT molecular complexity index is 384. The first-order valence-corrected chi connectivity index (χ1v) is 6.12. The summed E-state index contributed by atoms with van der Waals surface area (Å²) in [4.78, 5) is 23.1. The molecule has 2 atom stereocenters. The lowest BCUT2D eigenvalue weighted by Gasteiger charge is -2.62. The molecule has 4 bridgehead atoms. The highest BCUT2D eigenvalue weighted by Crippen LogP contribution is 2.69. The van der Waals surface area contributed by atoms with Gasteiger partial charge in [-0.1, -0.05) is 0 Å². The fourth-order valence-electron chi connectivity index (χ4n) is 5.12. The smallest absolute Gasteiger partial charge is 0.309 e. The molecule has 0 aliphatic heterocycles. The standard InChI is InChI=1S/C13H17O4/c1-11-2-8-3-12(5-11,9(14)15)7-13(4-8,6-11)10(16)17/h8H,1-7H2,(H,14,15)(H,16,17). The van der Waals surface area contributed by atoms with Crippen molar-refractivity contribution in [1.29, 1.82) is 0 Å². The molecule has 4 fully saturated rings. The molecule has 0 aromatic carbocycles. The molecule has 0 heterocycles. The van der Waals surface area contributed by atoms with Gasteiger partial charge in [-0.15, -0.1) is 0 Å². The number of carboxylic acids is 2. The maximum Gasteiger partial charge on any atom is 0.309 e. The van der Waals surface area contributed by atoms with Gasteiger partial charge in [0.25, 0.3) is 0 Å². The molecule has 0 spiro atoms. The predicted octanol–water partition coefficient (Wildman–Crippen LogP) is 1.95. The van der Waals surface area contributed by atoms with Gasteiger partial charge >= 0.3 is 11.9 Å². The Labute approximate surface area is 100 Å². The van der Waals surface area contributed by atoms with E-state index < -0.39 is 22.8 Å². The van der Waals surface area contributed by atoms with Crippen LogP contribution in [-0.4, -0.2) is 22.2 Å². The third-order valence-electron chi connectivity index (χ3n) is 5.09. The van der Waals surface area contributed by atoms with Crippen LogP contribution in [-0.2, 0) is 9.59 Å². The van der Waals surface area contributed by atoms with Crippen molar-refractivity contribution in [2.24, 2.45) is 22.2 Å². The minimum Gasteiger partial charge on any atom is -0.481 e. The zero-order chi connectivity index (χ0) is 12.5. The van der Waals surface area contributed by atoms with Crippen LogP contribution < -0.4 is 0 Å². The zero-order valence-corrected chi connectivity index (χ0v) is 9.74. The van der Waals surface area contributed by atoms with E-state index in [-0.39, 0.29) is 11.3 Å². The Morgan fingerprint density at radius 2 is 1.41 bits per heavy atom. The highest BCUT2D eigenvalue weighted by Gasteiger charge is 2.67. The number of carboxylic acid groups (broad SMARTS) is 2. The average Bonchev–Trinajstić information content (AvgIpc) is 2.12. The van der Waals surface area contributed by atoms with Gasteiger partial charge in [0, 0.05) is 0 Å². The lowest BCUT2D eigenvalue weighted by atomic mass is 9.40. The Kier molecular flexibility index (Phi) is 1.85. The summed E-state index contributed by atoms with van der Waals surface area (Å²) in [7, 11) is 0. The van der Waals surface area contributed by atoms with Gasteiger partial charge in [-0.25, -0.2) is 0 Å². The number of hydrogen-bond acceptors (Lipinski definition) is 2. The van der Waals surface area contributed by atoms with E-state index in [2.05, 4.69) is 6.92 Å². The minimum absolute atomic E-state index is 0.232. The molecule has 1 radical (unpaired) electrons. The highest BCUT2D eigenvalue weighted by molar-refractivity contribution is 5.81.